The van der Waals surface area contributed by atoms with Crippen LogP contribution in [0.3, 0.4) is 0 Å². The summed E-state index contributed by atoms with van der Waals surface area (Å²) < 4.78 is 13.3. The van der Waals surface area contributed by atoms with Crippen LogP contribution in [0.2, 0.25) is 0 Å². The summed E-state index contributed by atoms with van der Waals surface area (Å²) in [6, 6.07) is 3.66. The van der Waals surface area contributed by atoms with Crippen LogP contribution >= 0.6 is 15.9 Å². The molecule has 0 aliphatic heterocycles. The number of amidine groups is 1. The monoisotopic (exact) mass is 341 g/mol. The van der Waals surface area contributed by atoms with Crippen LogP contribution in [0, 0.1) is 5.82 Å². The van der Waals surface area contributed by atoms with Gasteiger partial charge in [-0.3, -0.25) is 9.89 Å². The molecule has 1 aromatic carbocycles. The van der Waals surface area contributed by atoms with Gasteiger partial charge in [0.25, 0.3) is 5.91 Å². The van der Waals surface area contributed by atoms with Crippen molar-refractivity contribution >= 4 is 33.5 Å². The zero-order valence-corrected chi connectivity index (χ0v) is 11.5. The number of aromatic nitrogens is 2. The highest BCUT2D eigenvalue weighted by Gasteiger charge is 2.15. The lowest BCUT2D eigenvalue weighted by atomic mass is 10.2. The molecular weight excluding hydrogens is 333 g/mol. The molecule has 0 atom stereocenters. The Morgan fingerprint density at radius 2 is 2.25 bits per heavy atom. The van der Waals surface area contributed by atoms with Crippen LogP contribution < -0.4 is 11.1 Å². The number of nitrogens with two attached hydrogens (primary N) is 1. The molecule has 0 fully saturated rings. The Kier molecular flexibility index (Phi) is 3.99. The summed E-state index contributed by atoms with van der Waals surface area (Å²) in [4.78, 5) is 12.1. The summed E-state index contributed by atoms with van der Waals surface area (Å²) in [7, 11) is 0. The number of carbonyl (C=O) groups excluding carboxylic acids is 1. The average molecular weight is 342 g/mol. The van der Waals surface area contributed by atoms with E-state index in [2.05, 4.69) is 36.6 Å². The van der Waals surface area contributed by atoms with Gasteiger partial charge in [0.1, 0.15) is 11.6 Å². The van der Waals surface area contributed by atoms with E-state index in [1.54, 1.807) is 0 Å². The highest BCUT2D eigenvalue weighted by molar-refractivity contribution is 9.10. The molecule has 0 bridgehead atoms. The number of anilines is 1. The summed E-state index contributed by atoms with van der Waals surface area (Å²) in [5.41, 5.74) is 5.90. The molecule has 1 aromatic heterocycles. The van der Waals surface area contributed by atoms with E-state index in [9.17, 15) is 9.18 Å². The lowest BCUT2D eigenvalue weighted by Crippen LogP contribution is -2.18. The van der Waals surface area contributed by atoms with E-state index in [0.29, 0.717) is 4.47 Å². The van der Waals surface area contributed by atoms with E-state index in [-0.39, 0.29) is 22.8 Å². The van der Waals surface area contributed by atoms with Crippen LogP contribution in [0.25, 0.3) is 0 Å². The predicted octanol–water partition coefficient (Wildman–Crippen LogP) is 1.66. The van der Waals surface area contributed by atoms with Crippen LogP contribution in [0.15, 0.2) is 34.0 Å². The van der Waals surface area contributed by atoms with Crippen molar-refractivity contribution in [2.45, 2.75) is 0 Å². The van der Waals surface area contributed by atoms with Gasteiger partial charge in [0, 0.05) is 4.47 Å². The molecule has 0 aliphatic rings. The van der Waals surface area contributed by atoms with Crippen LogP contribution in [-0.2, 0) is 0 Å². The van der Waals surface area contributed by atoms with Crippen molar-refractivity contribution in [3.8, 4) is 0 Å². The first-order valence-electron chi connectivity index (χ1n) is 5.30. The highest BCUT2D eigenvalue weighted by atomic mass is 79.9. The SMILES string of the molecule is NC(=NO)c1cn[nH]c1NC(=O)c1ccc(F)cc1Br. The third-order valence-electron chi connectivity index (χ3n) is 2.44. The number of rotatable bonds is 3. The molecule has 1 heterocycles. The normalized spacial score (nSPS) is 11.4. The lowest BCUT2D eigenvalue weighted by molar-refractivity contribution is 0.102. The largest absolute Gasteiger partial charge is 0.409 e. The molecule has 104 valence electrons. The standard InChI is InChI=1S/C11H9BrFN5O2/c12-8-3-5(13)1-2-6(8)11(19)16-10-7(4-15-17-10)9(14)18-20/h1-4,20H,(H2,14,18)(H2,15,16,17,19). The van der Waals surface area contributed by atoms with Crippen LogP contribution in [-0.4, -0.2) is 27.1 Å². The molecule has 5 N–H and O–H groups in total. The van der Waals surface area contributed by atoms with Gasteiger partial charge in [0.2, 0.25) is 0 Å². The summed E-state index contributed by atoms with van der Waals surface area (Å²) >= 11 is 3.10. The van der Waals surface area contributed by atoms with E-state index in [1.807, 2.05) is 0 Å². The first-order valence-corrected chi connectivity index (χ1v) is 6.10. The first kappa shape index (κ1) is 14.0. The summed E-state index contributed by atoms with van der Waals surface area (Å²) in [6.45, 7) is 0. The predicted molar refractivity (Wildman–Crippen MR) is 73.2 cm³/mol. The molecule has 0 saturated carbocycles. The summed E-state index contributed by atoms with van der Waals surface area (Å²) in [5.74, 6) is -1.01. The van der Waals surface area contributed by atoms with E-state index in [1.165, 1.54) is 18.3 Å². The quantitative estimate of drug-likeness (QED) is 0.294. The van der Waals surface area contributed by atoms with E-state index in [4.69, 9.17) is 10.9 Å². The van der Waals surface area contributed by atoms with Gasteiger partial charge in [-0.25, -0.2) is 4.39 Å². The Morgan fingerprint density at radius 1 is 1.50 bits per heavy atom. The fourth-order valence-electron chi connectivity index (χ4n) is 1.48. The smallest absolute Gasteiger partial charge is 0.257 e. The van der Waals surface area contributed by atoms with Crippen molar-refractivity contribution in [1.29, 1.82) is 0 Å². The number of hydrogen-bond acceptors (Lipinski definition) is 4. The fraction of sp³-hybridized carbons (Fsp3) is 0. The van der Waals surface area contributed by atoms with Crippen LogP contribution in [0.4, 0.5) is 10.2 Å². The van der Waals surface area contributed by atoms with Gasteiger partial charge in [-0.15, -0.1) is 0 Å². The van der Waals surface area contributed by atoms with Gasteiger partial charge in [0.15, 0.2) is 5.84 Å². The Labute approximate surface area is 120 Å². The molecule has 0 saturated heterocycles. The minimum absolute atomic E-state index is 0.168. The molecule has 0 radical (unpaired) electrons. The molecule has 20 heavy (non-hydrogen) atoms. The summed E-state index contributed by atoms with van der Waals surface area (Å²) in [5, 5.41) is 20.1. The van der Waals surface area contributed by atoms with Crippen molar-refractivity contribution in [1.82, 2.24) is 10.2 Å². The van der Waals surface area contributed by atoms with Gasteiger partial charge >= 0.3 is 0 Å². The number of carbonyl (C=O) groups is 1. The van der Waals surface area contributed by atoms with E-state index < -0.39 is 11.7 Å². The average Bonchev–Trinajstić information content (AvgIpc) is 2.85. The topological polar surface area (TPSA) is 116 Å². The number of aromatic amines is 1. The third kappa shape index (κ3) is 2.77. The lowest BCUT2D eigenvalue weighted by Gasteiger charge is -2.06. The van der Waals surface area contributed by atoms with Crippen molar-refractivity contribution in [3.63, 3.8) is 0 Å². The molecule has 0 spiro atoms. The molecule has 2 rings (SSSR count). The van der Waals surface area contributed by atoms with E-state index >= 15 is 0 Å². The molecular formula is C11H9BrFN5O2. The molecule has 0 unspecified atom stereocenters. The van der Waals surface area contributed by atoms with Gasteiger partial charge in [-0.1, -0.05) is 5.16 Å². The molecule has 2 aromatic rings. The molecule has 7 nitrogen and oxygen atoms in total. The third-order valence-corrected chi connectivity index (χ3v) is 3.09. The molecule has 1 amide bonds. The zero-order chi connectivity index (χ0) is 14.7. The van der Waals surface area contributed by atoms with Crippen molar-refractivity contribution in [3.05, 3.63) is 45.8 Å². The molecule has 9 heteroatoms. The number of H-pyrrole nitrogens is 1. The Hall–Kier alpha value is -2.42. The van der Waals surface area contributed by atoms with Crippen molar-refractivity contribution < 1.29 is 14.4 Å². The fourth-order valence-corrected chi connectivity index (χ4v) is 2.01. The van der Waals surface area contributed by atoms with Crippen LogP contribution in [0.5, 0.6) is 0 Å². The van der Waals surface area contributed by atoms with Crippen LogP contribution in [0.1, 0.15) is 15.9 Å². The second-order valence-corrected chi connectivity index (χ2v) is 4.58. The maximum Gasteiger partial charge on any atom is 0.257 e. The van der Waals surface area contributed by atoms with Crippen molar-refractivity contribution in [2.24, 2.45) is 10.9 Å². The van der Waals surface area contributed by atoms with Gasteiger partial charge in [-0.2, -0.15) is 5.10 Å². The molecule has 0 aliphatic carbocycles. The number of benzene rings is 1. The summed E-state index contributed by atoms with van der Waals surface area (Å²) in [6.07, 6.45) is 1.30. The zero-order valence-electron chi connectivity index (χ0n) is 9.89. The number of halogens is 2. The van der Waals surface area contributed by atoms with Gasteiger partial charge < -0.3 is 16.3 Å². The van der Waals surface area contributed by atoms with Gasteiger partial charge in [0.05, 0.1) is 17.3 Å². The first-order chi connectivity index (χ1) is 9.52. The minimum Gasteiger partial charge on any atom is -0.409 e. The Morgan fingerprint density at radius 3 is 2.90 bits per heavy atom. The number of hydrogen-bond donors (Lipinski definition) is 4. The number of nitrogens with one attached hydrogen (secondary N) is 2. The second-order valence-electron chi connectivity index (χ2n) is 3.72. The Balaban J connectivity index is 2.26. The Bertz CT molecular complexity index is 685. The highest BCUT2D eigenvalue weighted by Crippen LogP contribution is 2.20. The van der Waals surface area contributed by atoms with Gasteiger partial charge in [-0.05, 0) is 34.1 Å². The number of amides is 1. The van der Waals surface area contributed by atoms with Crippen molar-refractivity contribution in [2.75, 3.05) is 5.32 Å². The number of oxime groups is 1. The number of nitrogens with zero attached hydrogens (tertiary/aromatic N) is 2. The maximum atomic E-state index is 13.0. The van der Waals surface area contributed by atoms with E-state index in [0.717, 1.165) is 6.07 Å². The minimum atomic E-state index is -0.506. The maximum absolute atomic E-state index is 13.0. The second kappa shape index (κ2) is 5.70.